The van der Waals surface area contributed by atoms with Crippen molar-refractivity contribution in [2.24, 2.45) is 5.73 Å². The van der Waals surface area contributed by atoms with Crippen LogP contribution in [-0.2, 0) is 0 Å². The average Bonchev–Trinajstić information content (AvgIpc) is 2.78. The van der Waals surface area contributed by atoms with Crippen LogP contribution in [0.25, 0.3) is 0 Å². The van der Waals surface area contributed by atoms with Crippen molar-refractivity contribution >= 4 is 0 Å². The fraction of sp³-hybridized carbons (Fsp3) is 0.143. The van der Waals surface area contributed by atoms with Gasteiger partial charge in [-0.25, -0.2) is 4.39 Å². The molecule has 2 heterocycles. The van der Waals surface area contributed by atoms with Crippen molar-refractivity contribution < 1.29 is 9.13 Å². The van der Waals surface area contributed by atoms with Crippen LogP contribution in [0, 0.1) is 24.1 Å². The molecule has 0 fully saturated rings. The average molecular weight is 270 g/mol. The van der Waals surface area contributed by atoms with E-state index in [4.69, 9.17) is 10.5 Å². The molecule has 1 atom stereocenters. The Bertz CT molecular complexity index is 757. The maximum absolute atomic E-state index is 13.5. The lowest BCUT2D eigenvalue weighted by atomic mass is 9.84. The Balaban J connectivity index is 2.25. The standard InChI is InChI=1S/C14H11FN4O/c1-7-11-12(8-3-2-4-9(15)5-8)10(6-16)13(17)20-14(11)19-18-7/h2-5,12H,17H2,1H3,(H,18,19)/t12-/m1/s1. The summed E-state index contributed by atoms with van der Waals surface area (Å²) in [5, 5.41) is 16.1. The molecule has 1 aliphatic rings. The number of aromatic nitrogens is 2. The first kappa shape index (κ1) is 12.2. The minimum atomic E-state index is -0.474. The number of aryl methyl sites for hydroxylation is 1. The predicted octanol–water partition coefficient (Wildman–Crippen LogP) is 2.08. The molecule has 0 aliphatic carbocycles. The van der Waals surface area contributed by atoms with Crippen LogP contribution in [0.4, 0.5) is 4.39 Å². The van der Waals surface area contributed by atoms with Crippen LogP contribution >= 0.6 is 0 Å². The molecular formula is C14H11FN4O. The highest BCUT2D eigenvalue weighted by Crippen LogP contribution is 2.42. The van der Waals surface area contributed by atoms with Crippen molar-refractivity contribution in [3.63, 3.8) is 0 Å². The van der Waals surface area contributed by atoms with Gasteiger partial charge in [-0.3, -0.25) is 5.10 Å². The van der Waals surface area contributed by atoms with E-state index in [9.17, 15) is 9.65 Å². The van der Waals surface area contributed by atoms with E-state index in [2.05, 4.69) is 10.2 Å². The van der Waals surface area contributed by atoms with Gasteiger partial charge >= 0.3 is 0 Å². The van der Waals surface area contributed by atoms with E-state index in [-0.39, 0.29) is 17.3 Å². The summed E-state index contributed by atoms with van der Waals surface area (Å²) in [5.41, 5.74) is 8.13. The summed E-state index contributed by atoms with van der Waals surface area (Å²) in [5.74, 6) is -0.514. The molecule has 3 N–H and O–H groups in total. The first-order valence-electron chi connectivity index (χ1n) is 5.99. The van der Waals surface area contributed by atoms with Crippen molar-refractivity contribution in [3.05, 3.63) is 58.4 Å². The third kappa shape index (κ3) is 1.72. The van der Waals surface area contributed by atoms with Gasteiger partial charge in [0.15, 0.2) is 0 Å². The van der Waals surface area contributed by atoms with Crippen LogP contribution in [0.1, 0.15) is 22.7 Å². The molecule has 0 saturated heterocycles. The number of rotatable bonds is 1. The SMILES string of the molecule is Cc1[nH]nc2c1[C@H](c1cccc(F)c1)C(C#N)=C(N)O2. The van der Waals surface area contributed by atoms with E-state index < -0.39 is 5.92 Å². The van der Waals surface area contributed by atoms with E-state index >= 15 is 0 Å². The van der Waals surface area contributed by atoms with Gasteiger partial charge in [0.05, 0.1) is 5.92 Å². The highest BCUT2D eigenvalue weighted by molar-refractivity contribution is 5.54. The first-order chi connectivity index (χ1) is 9.61. The van der Waals surface area contributed by atoms with Crippen molar-refractivity contribution in [2.75, 3.05) is 0 Å². The number of nitrogens with zero attached hydrogens (tertiary/aromatic N) is 2. The quantitative estimate of drug-likeness (QED) is 0.830. The summed E-state index contributed by atoms with van der Waals surface area (Å²) in [6.45, 7) is 1.82. The van der Waals surface area contributed by atoms with Gasteiger partial charge in [-0.15, -0.1) is 5.10 Å². The lowest BCUT2D eigenvalue weighted by Gasteiger charge is -2.23. The zero-order valence-electron chi connectivity index (χ0n) is 10.6. The molecule has 3 rings (SSSR count). The number of benzene rings is 1. The number of nitrogens with one attached hydrogen (secondary N) is 1. The number of allylic oxidation sites excluding steroid dienone is 1. The highest BCUT2D eigenvalue weighted by atomic mass is 19.1. The van der Waals surface area contributed by atoms with Crippen LogP contribution in [0.5, 0.6) is 5.88 Å². The van der Waals surface area contributed by atoms with Gasteiger partial charge in [-0.2, -0.15) is 5.26 Å². The largest absolute Gasteiger partial charge is 0.420 e. The predicted molar refractivity (Wildman–Crippen MR) is 69.0 cm³/mol. The third-order valence-electron chi connectivity index (χ3n) is 3.31. The monoisotopic (exact) mass is 270 g/mol. The maximum atomic E-state index is 13.5. The molecule has 1 aliphatic heterocycles. The van der Waals surface area contributed by atoms with Gasteiger partial charge in [0, 0.05) is 11.3 Å². The molecule has 20 heavy (non-hydrogen) atoms. The molecule has 0 spiro atoms. The van der Waals surface area contributed by atoms with Crippen LogP contribution in [0.15, 0.2) is 35.7 Å². The Morgan fingerprint density at radius 1 is 1.50 bits per heavy atom. The number of hydrogen-bond donors (Lipinski definition) is 2. The number of fused-ring (bicyclic) bond motifs is 1. The molecule has 1 aromatic heterocycles. The number of aromatic amines is 1. The molecule has 6 heteroatoms. The third-order valence-corrected chi connectivity index (χ3v) is 3.31. The molecule has 0 bridgehead atoms. The number of halogens is 1. The van der Waals surface area contributed by atoms with Gasteiger partial charge in [-0.1, -0.05) is 12.1 Å². The molecule has 2 aromatic rings. The van der Waals surface area contributed by atoms with Gasteiger partial charge in [0.2, 0.25) is 11.8 Å². The smallest absolute Gasteiger partial charge is 0.244 e. The van der Waals surface area contributed by atoms with E-state index in [0.29, 0.717) is 17.0 Å². The number of hydrogen-bond acceptors (Lipinski definition) is 4. The second-order valence-electron chi connectivity index (χ2n) is 4.55. The normalized spacial score (nSPS) is 17.4. The van der Waals surface area contributed by atoms with Gasteiger partial charge in [0.1, 0.15) is 17.5 Å². The molecule has 100 valence electrons. The number of H-pyrrole nitrogens is 1. The van der Waals surface area contributed by atoms with Crippen LogP contribution in [-0.4, -0.2) is 10.2 Å². The Hall–Kier alpha value is -2.81. The summed E-state index contributed by atoms with van der Waals surface area (Å²) in [6, 6.07) is 8.13. The highest BCUT2D eigenvalue weighted by Gasteiger charge is 2.34. The fourth-order valence-electron chi connectivity index (χ4n) is 2.42. The van der Waals surface area contributed by atoms with Gasteiger partial charge < -0.3 is 10.5 Å². The second kappa shape index (κ2) is 4.38. The maximum Gasteiger partial charge on any atom is 0.244 e. The van der Waals surface area contributed by atoms with Crippen molar-refractivity contribution in [1.82, 2.24) is 10.2 Å². The summed E-state index contributed by atoms with van der Waals surface area (Å²) in [6.07, 6.45) is 0. The Labute approximate surface area is 114 Å². The summed E-state index contributed by atoms with van der Waals surface area (Å²) < 4.78 is 18.8. The van der Waals surface area contributed by atoms with E-state index in [1.165, 1.54) is 12.1 Å². The number of nitrogens with two attached hydrogens (primary N) is 1. The number of ether oxygens (including phenoxy) is 1. The minimum Gasteiger partial charge on any atom is -0.420 e. The van der Waals surface area contributed by atoms with E-state index in [1.807, 2.05) is 13.0 Å². The van der Waals surface area contributed by atoms with Crippen LogP contribution in [0.3, 0.4) is 0 Å². The number of nitriles is 1. The van der Waals surface area contributed by atoms with Crippen molar-refractivity contribution in [2.45, 2.75) is 12.8 Å². The fourth-order valence-corrected chi connectivity index (χ4v) is 2.42. The van der Waals surface area contributed by atoms with E-state index in [0.717, 1.165) is 5.69 Å². The molecule has 0 unspecified atom stereocenters. The van der Waals surface area contributed by atoms with Crippen LogP contribution < -0.4 is 10.5 Å². The Morgan fingerprint density at radius 3 is 3.00 bits per heavy atom. The van der Waals surface area contributed by atoms with Gasteiger partial charge in [0.25, 0.3) is 0 Å². The Kier molecular flexibility index (Phi) is 2.68. The molecule has 1 aromatic carbocycles. The molecule has 0 saturated carbocycles. The molecule has 5 nitrogen and oxygen atoms in total. The topological polar surface area (TPSA) is 87.7 Å². The van der Waals surface area contributed by atoms with Crippen LogP contribution in [0.2, 0.25) is 0 Å². The molecular weight excluding hydrogens is 259 g/mol. The zero-order chi connectivity index (χ0) is 14.3. The summed E-state index contributed by atoms with van der Waals surface area (Å²) >= 11 is 0. The van der Waals surface area contributed by atoms with Crippen molar-refractivity contribution in [1.29, 1.82) is 5.26 Å². The van der Waals surface area contributed by atoms with Crippen molar-refractivity contribution in [3.8, 4) is 11.9 Å². The lowest BCUT2D eigenvalue weighted by Crippen LogP contribution is -2.21. The first-order valence-corrected chi connectivity index (χ1v) is 5.99. The van der Waals surface area contributed by atoms with E-state index in [1.54, 1.807) is 12.1 Å². The summed E-state index contributed by atoms with van der Waals surface area (Å²) in [7, 11) is 0. The minimum absolute atomic E-state index is 0.000705. The second-order valence-corrected chi connectivity index (χ2v) is 4.55. The zero-order valence-corrected chi connectivity index (χ0v) is 10.6. The molecule has 0 radical (unpaired) electrons. The summed E-state index contributed by atoms with van der Waals surface area (Å²) in [4.78, 5) is 0. The lowest BCUT2D eigenvalue weighted by molar-refractivity contribution is 0.378. The molecule has 0 amide bonds. The van der Waals surface area contributed by atoms with Gasteiger partial charge in [-0.05, 0) is 24.6 Å². The Morgan fingerprint density at radius 2 is 2.30 bits per heavy atom.